The Hall–Kier alpha value is -2.49. The molecule has 0 unspecified atom stereocenters. The number of hydrogen-bond donors (Lipinski definition) is 1. The average molecular weight is 284 g/mol. The summed E-state index contributed by atoms with van der Waals surface area (Å²) in [7, 11) is 3.31. The molecule has 0 aliphatic rings. The van der Waals surface area contributed by atoms with Crippen LogP contribution in [0.1, 0.15) is 21.5 Å². The van der Waals surface area contributed by atoms with Crippen LogP contribution in [0.5, 0.6) is 5.75 Å². The van der Waals surface area contributed by atoms with Crippen LogP contribution in [-0.4, -0.2) is 25.0 Å². The minimum Gasteiger partial charge on any atom is -0.496 e. The van der Waals surface area contributed by atoms with Gasteiger partial charge in [-0.1, -0.05) is 29.8 Å². The van der Waals surface area contributed by atoms with E-state index in [1.165, 1.54) is 12.7 Å². The molecule has 2 aromatic rings. The Morgan fingerprint density at radius 2 is 1.86 bits per heavy atom. The second-order valence-electron chi connectivity index (χ2n) is 5.11. The smallest absolute Gasteiger partial charge is 0.257 e. The average Bonchev–Trinajstić information content (AvgIpc) is 2.48. The summed E-state index contributed by atoms with van der Waals surface area (Å²) in [6.45, 7) is 2.59. The van der Waals surface area contributed by atoms with Crippen LogP contribution in [0.15, 0.2) is 42.5 Å². The predicted octanol–water partition coefficient (Wildman–Crippen LogP) is 2.86. The molecule has 0 aliphatic heterocycles. The molecule has 2 N–H and O–H groups in total. The zero-order chi connectivity index (χ0) is 15.4. The van der Waals surface area contributed by atoms with Gasteiger partial charge >= 0.3 is 0 Å². The largest absolute Gasteiger partial charge is 0.496 e. The molecule has 110 valence electrons. The lowest BCUT2D eigenvalue weighted by molar-refractivity contribution is 0.0782. The number of ether oxygens (including phenoxy) is 1. The molecule has 4 heteroatoms. The number of nitrogens with zero attached hydrogens (tertiary/aromatic N) is 1. The van der Waals surface area contributed by atoms with Crippen LogP contribution in [0.3, 0.4) is 0 Å². The number of nitrogen functional groups attached to an aromatic ring is 1. The van der Waals surface area contributed by atoms with E-state index in [-0.39, 0.29) is 5.91 Å². The first-order valence-electron chi connectivity index (χ1n) is 6.76. The van der Waals surface area contributed by atoms with E-state index in [9.17, 15) is 4.79 Å². The molecule has 0 aliphatic carbocycles. The van der Waals surface area contributed by atoms with Crippen LogP contribution in [0.2, 0.25) is 0 Å². The van der Waals surface area contributed by atoms with Crippen LogP contribution in [-0.2, 0) is 6.54 Å². The summed E-state index contributed by atoms with van der Waals surface area (Å²) in [5, 5.41) is 0. The van der Waals surface area contributed by atoms with Crippen LogP contribution in [0, 0.1) is 6.92 Å². The van der Waals surface area contributed by atoms with Gasteiger partial charge in [0.15, 0.2) is 0 Å². The van der Waals surface area contributed by atoms with E-state index >= 15 is 0 Å². The molecule has 0 fully saturated rings. The number of rotatable bonds is 4. The molecule has 21 heavy (non-hydrogen) atoms. The van der Waals surface area contributed by atoms with Gasteiger partial charge in [0, 0.05) is 25.3 Å². The zero-order valence-electron chi connectivity index (χ0n) is 12.6. The molecule has 2 rings (SSSR count). The van der Waals surface area contributed by atoms with Crippen molar-refractivity contribution in [2.75, 3.05) is 19.9 Å². The van der Waals surface area contributed by atoms with Gasteiger partial charge in [0.2, 0.25) is 0 Å². The molecule has 4 nitrogen and oxygen atoms in total. The number of amides is 1. The van der Waals surface area contributed by atoms with Crippen molar-refractivity contribution in [3.05, 3.63) is 59.2 Å². The Bertz CT molecular complexity index is 636. The number of methoxy groups -OCH3 is 1. The number of hydrogen-bond acceptors (Lipinski definition) is 3. The van der Waals surface area contributed by atoms with Crippen LogP contribution in [0.25, 0.3) is 0 Å². The quantitative estimate of drug-likeness (QED) is 0.878. The number of aryl methyl sites for hydroxylation is 1. The third-order valence-corrected chi connectivity index (χ3v) is 3.34. The van der Waals surface area contributed by atoms with Crippen molar-refractivity contribution < 1.29 is 9.53 Å². The molecule has 1 amide bonds. The van der Waals surface area contributed by atoms with E-state index < -0.39 is 0 Å². The monoisotopic (exact) mass is 284 g/mol. The van der Waals surface area contributed by atoms with E-state index in [0.29, 0.717) is 23.5 Å². The lowest BCUT2D eigenvalue weighted by Gasteiger charge is -2.19. The lowest BCUT2D eigenvalue weighted by Crippen LogP contribution is -2.26. The number of carbonyl (C=O) groups is 1. The van der Waals surface area contributed by atoms with Crippen molar-refractivity contribution in [3.8, 4) is 5.75 Å². The van der Waals surface area contributed by atoms with Crippen LogP contribution < -0.4 is 10.5 Å². The van der Waals surface area contributed by atoms with Crippen molar-refractivity contribution in [1.29, 1.82) is 0 Å². The predicted molar refractivity (Wildman–Crippen MR) is 84.4 cm³/mol. The van der Waals surface area contributed by atoms with Gasteiger partial charge in [0.05, 0.1) is 12.7 Å². The van der Waals surface area contributed by atoms with E-state index in [2.05, 4.69) is 0 Å². The van der Waals surface area contributed by atoms with Gasteiger partial charge in [-0.15, -0.1) is 0 Å². The lowest BCUT2D eigenvalue weighted by atomic mass is 10.1. The maximum absolute atomic E-state index is 12.5. The van der Waals surface area contributed by atoms with E-state index in [4.69, 9.17) is 10.5 Å². The first-order valence-corrected chi connectivity index (χ1v) is 6.76. The molecule has 0 saturated carbocycles. The van der Waals surface area contributed by atoms with E-state index in [0.717, 1.165) is 5.56 Å². The minimum absolute atomic E-state index is 0.0903. The van der Waals surface area contributed by atoms with Gasteiger partial charge in [-0.25, -0.2) is 0 Å². The molecule has 0 atom stereocenters. The first kappa shape index (κ1) is 14.9. The number of benzene rings is 2. The summed E-state index contributed by atoms with van der Waals surface area (Å²) in [4.78, 5) is 14.2. The molecular weight excluding hydrogens is 264 g/mol. The van der Waals surface area contributed by atoms with E-state index in [1.807, 2.05) is 31.2 Å². The Morgan fingerprint density at radius 3 is 2.48 bits per heavy atom. The fourth-order valence-electron chi connectivity index (χ4n) is 2.13. The molecule has 0 spiro atoms. The molecule has 0 radical (unpaired) electrons. The number of anilines is 1. The Kier molecular flexibility index (Phi) is 4.48. The highest BCUT2D eigenvalue weighted by Crippen LogP contribution is 2.23. The van der Waals surface area contributed by atoms with Gasteiger partial charge < -0.3 is 15.4 Å². The zero-order valence-corrected chi connectivity index (χ0v) is 12.6. The summed E-state index contributed by atoms with van der Waals surface area (Å²) >= 11 is 0. The van der Waals surface area contributed by atoms with Gasteiger partial charge in [0.25, 0.3) is 5.91 Å². The normalized spacial score (nSPS) is 10.2. The molecule has 0 aromatic heterocycles. The van der Waals surface area contributed by atoms with Crippen molar-refractivity contribution in [1.82, 2.24) is 4.90 Å². The summed E-state index contributed by atoms with van der Waals surface area (Å²) < 4.78 is 5.24. The third kappa shape index (κ3) is 3.54. The maximum Gasteiger partial charge on any atom is 0.257 e. The minimum atomic E-state index is -0.0903. The molecule has 2 aromatic carbocycles. The summed E-state index contributed by atoms with van der Waals surface area (Å²) in [6, 6.07) is 13.2. The molecule has 0 saturated heterocycles. The highest BCUT2D eigenvalue weighted by molar-refractivity contribution is 5.97. The number of carbonyl (C=O) groups excluding carboxylic acids is 1. The van der Waals surface area contributed by atoms with Crippen LogP contribution >= 0.6 is 0 Å². The van der Waals surface area contributed by atoms with Gasteiger partial charge in [-0.05, 0) is 24.6 Å². The third-order valence-electron chi connectivity index (χ3n) is 3.34. The standard InChI is InChI=1S/C17H20N2O2/c1-12-4-6-13(7-5-12)11-19(2)17(20)15-9-8-14(18)10-16(15)21-3/h4-10H,11,18H2,1-3H3. The van der Waals surface area contributed by atoms with E-state index in [1.54, 1.807) is 30.1 Å². The van der Waals surface area contributed by atoms with Gasteiger partial charge in [-0.3, -0.25) is 4.79 Å². The van der Waals surface area contributed by atoms with Crippen LogP contribution in [0.4, 0.5) is 5.69 Å². The second kappa shape index (κ2) is 6.31. The summed E-state index contributed by atoms with van der Waals surface area (Å²) in [5.41, 5.74) is 9.09. The van der Waals surface area contributed by atoms with Gasteiger partial charge in [0.1, 0.15) is 5.75 Å². The Morgan fingerprint density at radius 1 is 1.19 bits per heavy atom. The fraction of sp³-hybridized carbons (Fsp3) is 0.235. The molecular formula is C17H20N2O2. The second-order valence-corrected chi connectivity index (χ2v) is 5.11. The van der Waals surface area contributed by atoms with Crippen molar-refractivity contribution in [3.63, 3.8) is 0 Å². The maximum atomic E-state index is 12.5. The van der Waals surface area contributed by atoms with Gasteiger partial charge in [-0.2, -0.15) is 0 Å². The SMILES string of the molecule is COc1cc(N)ccc1C(=O)N(C)Cc1ccc(C)cc1. The highest BCUT2D eigenvalue weighted by Gasteiger charge is 2.16. The number of nitrogens with two attached hydrogens (primary N) is 1. The summed E-state index contributed by atoms with van der Waals surface area (Å²) in [5.74, 6) is 0.406. The molecule has 0 bridgehead atoms. The summed E-state index contributed by atoms with van der Waals surface area (Å²) in [6.07, 6.45) is 0. The van der Waals surface area contributed by atoms with Crippen molar-refractivity contribution in [2.45, 2.75) is 13.5 Å². The van der Waals surface area contributed by atoms with Crippen molar-refractivity contribution in [2.24, 2.45) is 0 Å². The topological polar surface area (TPSA) is 55.6 Å². The van der Waals surface area contributed by atoms with Crippen molar-refractivity contribution >= 4 is 11.6 Å². The molecule has 0 heterocycles. The first-order chi connectivity index (χ1) is 10.0. The highest BCUT2D eigenvalue weighted by atomic mass is 16.5. The Labute approximate surface area is 125 Å². The fourth-order valence-corrected chi connectivity index (χ4v) is 2.13. The Balaban J connectivity index is 2.17.